The number of aromatic nitrogens is 3. The summed E-state index contributed by atoms with van der Waals surface area (Å²) in [6, 6.07) is 11.0. The number of aliphatic hydroxyl groups is 1. The number of methoxy groups -OCH3 is 2. The fraction of sp³-hybridized carbons (Fsp3) is 0.561. The first-order valence-corrected chi connectivity index (χ1v) is 19.2. The van der Waals surface area contributed by atoms with Gasteiger partial charge in [0.05, 0.1) is 31.2 Å². The maximum absolute atomic E-state index is 16.7. The van der Waals surface area contributed by atoms with Crippen LogP contribution in [0.3, 0.4) is 0 Å². The van der Waals surface area contributed by atoms with Gasteiger partial charge >= 0.3 is 12.1 Å². The number of halogens is 1. The highest BCUT2D eigenvalue weighted by Crippen LogP contribution is 2.40. The summed E-state index contributed by atoms with van der Waals surface area (Å²) < 4.78 is 38.7. The fourth-order valence-corrected chi connectivity index (χ4v) is 8.80. The maximum Gasteiger partial charge on any atom is 0.410 e. The average Bonchev–Trinajstić information content (AvgIpc) is 3.86. The average molecular weight is 745 g/mol. The lowest BCUT2D eigenvalue weighted by molar-refractivity contribution is 0.0122. The predicted molar refractivity (Wildman–Crippen MR) is 206 cm³/mol. The molecule has 1 N–H and O–H groups in total. The Morgan fingerprint density at radius 3 is 2.46 bits per heavy atom. The van der Waals surface area contributed by atoms with Gasteiger partial charge in [0.15, 0.2) is 12.6 Å². The molecule has 4 fully saturated rings. The first-order valence-electron chi connectivity index (χ1n) is 19.2. The van der Waals surface area contributed by atoms with Gasteiger partial charge in [-0.3, -0.25) is 14.8 Å². The van der Waals surface area contributed by atoms with Gasteiger partial charge < -0.3 is 29.0 Å². The lowest BCUT2D eigenvalue weighted by atomic mass is 9.95. The number of hydrogen-bond acceptors (Lipinski definition) is 11. The van der Waals surface area contributed by atoms with E-state index in [-0.39, 0.29) is 42.2 Å². The van der Waals surface area contributed by atoms with E-state index in [4.69, 9.17) is 24.1 Å². The van der Waals surface area contributed by atoms with Crippen LogP contribution in [0, 0.1) is 5.82 Å². The predicted octanol–water partition coefficient (Wildman–Crippen LogP) is 6.73. The van der Waals surface area contributed by atoms with E-state index in [0.717, 1.165) is 41.6 Å². The van der Waals surface area contributed by atoms with Crippen LogP contribution < -0.4 is 14.4 Å². The monoisotopic (exact) mass is 744 g/mol. The van der Waals surface area contributed by atoms with Gasteiger partial charge in [-0.25, -0.2) is 9.18 Å². The number of hydrogen-bond donors (Lipinski definition) is 1. The van der Waals surface area contributed by atoms with E-state index < -0.39 is 11.4 Å². The van der Waals surface area contributed by atoms with Crippen LogP contribution in [0.15, 0.2) is 36.5 Å². The molecule has 8 rings (SSSR count). The number of benzene rings is 2. The Bertz CT molecular complexity index is 1980. The number of carbonyl (C=O) groups excluding carboxylic acids is 1. The quantitative estimate of drug-likeness (QED) is 0.193. The van der Waals surface area contributed by atoms with Crippen LogP contribution in [0.1, 0.15) is 71.8 Å². The molecule has 0 spiro atoms. The summed E-state index contributed by atoms with van der Waals surface area (Å²) in [5, 5.41) is 11.3. The van der Waals surface area contributed by atoms with Crippen LogP contribution in [-0.4, -0.2) is 113 Å². The lowest BCUT2D eigenvalue weighted by Crippen LogP contribution is -2.57. The van der Waals surface area contributed by atoms with E-state index in [2.05, 4.69) is 31.7 Å². The van der Waals surface area contributed by atoms with Gasteiger partial charge in [-0.1, -0.05) is 25.1 Å². The summed E-state index contributed by atoms with van der Waals surface area (Å²) in [7, 11) is 3.02. The summed E-state index contributed by atoms with van der Waals surface area (Å²) in [6.45, 7) is 10.4. The Morgan fingerprint density at radius 1 is 1.02 bits per heavy atom. The molecule has 4 saturated heterocycles. The first kappa shape index (κ1) is 38.0. The molecule has 1 amide bonds. The molecule has 6 heterocycles. The van der Waals surface area contributed by atoms with Crippen LogP contribution in [0.5, 0.6) is 11.8 Å². The van der Waals surface area contributed by atoms with Crippen molar-refractivity contribution in [3.8, 4) is 23.0 Å². The van der Waals surface area contributed by atoms with Crippen molar-refractivity contribution in [3.63, 3.8) is 0 Å². The molecule has 12 nitrogen and oxygen atoms in total. The molecular weight excluding hydrogens is 691 g/mol. The van der Waals surface area contributed by atoms with Crippen molar-refractivity contribution in [2.45, 2.75) is 102 Å². The minimum atomic E-state index is -0.580. The highest BCUT2D eigenvalue weighted by Gasteiger charge is 2.45. The van der Waals surface area contributed by atoms with Crippen LogP contribution in [0.2, 0.25) is 0 Å². The number of rotatable bonds is 8. The summed E-state index contributed by atoms with van der Waals surface area (Å²) in [4.78, 5) is 33.2. The molecule has 2 aromatic carbocycles. The SMILES string of the molecule is CCc1cccc2cc(OCOC)cc(-c3ncc4c(N5CC6CCC(C5)N6C(=O)OC(C)(C)C)nc(OC)nc4c3F)c12.OCC1CCC2CCCN12. The number of anilines is 1. The second kappa shape index (κ2) is 15.8. The number of carbonyl (C=O) groups is 1. The number of amides is 1. The molecule has 2 bridgehead atoms. The topological polar surface area (TPSA) is 123 Å². The molecule has 0 saturated carbocycles. The first-order chi connectivity index (χ1) is 26.0. The van der Waals surface area contributed by atoms with E-state index in [1.807, 2.05) is 49.9 Å². The molecule has 4 aliphatic rings. The molecule has 4 aliphatic heterocycles. The molecule has 4 aromatic rings. The van der Waals surface area contributed by atoms with E-state index in [1.165, 1.54) is 39.3 Å². The van der Waals surface area contributed by atoms with E-state index in [1.54, 1.807) is 19.4 Å². The Morgan fingerprint density at radius 2 is 1.78 bits per heavy atom. The Hall–Kier alpha value is -4.33. The second-order valence-corrected chi connectivity index (χ2v) is 15.7. The highest BCUT2D eigenvalue weighted by molar-refractivity contribution is 6.01. The zero-order chi connectivity index (χ0) is 38.1. The number of aliphatic hydroxyl groups excluding tert-OH is 1. The van der Waals surface area contributed by atoms with Crippen molar-refractivity contribution < 1.29 is 33.2 Å². The molecule has 4 unspecified atom stereocenters. The fourth-order valence-electron chi connectivity index (χ4n) is 8.80. The Kier molecular flexibility index (Phi) is 11.1. The van der Waals surface area contributed by atoms with Gasteiger partial charge in [-0.05, 0) is 101 Å². The van der Waals surface area contributed by atoms with Crippen LogP contribution >= 0.6 is 0 Å². The number of fused-ring (bicyclic) bond motifs is 5. The summed E-state index contributed by atoms with van der Waals surface area (Å²) in [5.41, 5.74) is 1.37. The van der Waals surface area contributed by atoms with Gasteiger partial charge in [0, 0.05) is 44.0 Å². The summed E-state index contributed by atoms with van der Waals surface area (Å²) in [5.74, 6) is 0.501. The highest BCUT2D eigenvalue weighted by atomic mass is 19.1. The van der Waals surface area contributed by atoms with E-state index >= 15 is 4.39 Å². The largest absolute Gasteiger partial charge is 0.468 e. The van der Waals surface area contributed by atoms with Crippen molar-refractivity contribution in [1.82, 2.24) is 24.8 Å². The molecule has 290 valence electrons. The number of nitrogens with zero attached hydrogens (tertiary/aromatic N) is 6. The molecule has 13 heteroatoms. The van der Waals surface area contributed by atoms with Crippen molar-refractivity contribution in [3.05, 3.63) is 47.9 Å². The summed E-state index contributed by atoms with van der Waals surface area (Å²) >= 11 is 0. The van der Waals surface area contributed by atoms with Gasteiger partial charge in [-0.2, -0.15) is 9.97 Å². The minimum Gasteiger partial charge on any atom is -0.468 e. The standard InChI is InChI=1S/C33H38FN5O5.C8H15NO/c1-7-19-9-8-10-20-13-23(43-18-41-5)14-24(26(19)20)28-27(34)29-25(15-35-28)30(37-31(36-29)42-6)38-16-21-11-12-22(17-38)39(21)32(40)44-33(2,3)4;10-6-8-4-3-7-2-1-5-9(7)8/h8-10,13-15,21-22H,7,11-12,16-18H2,1-6H3;7-8,10H,1-6H2. The third-order valence-electron chi connectivity index (χ3n) is 11.2. The van der Waals surface area contributed by atoms with E-state index in [9.17, 15) is 4.79 Å². The zero-order valence-electron chi connectivity index (χ0n) is 32.3. The zero-order valence-corrected chi connectivity index (χ0v) is 32.3. The Labute approximate surface area is 316 Å². The molecular formula is C41H53FN6O6. The van der Waals surface area contributed by atoms with E-state index in [0.29, 0.717) is 48.3 Å². The van der Waals surface area contributed by atoms with Gasteiger partial charge in [0.1, 0.15) is 28.4 Å². The molecule has 2 aromatic heterocycles. The number of ether oxygens (including phenoxy) is 4. The van der Waals surface area contributed by atoms with Gasteiger partial charge in [0.2, 0.25) is 0 Å². The molecule has 4 atom stereocenters. The minimum absolute atomic E-state index is 0.0506. The van der Waals surface area contributed by atoms with Crippen molar-refractivity contribution in [2.75, 3.05) is 52.2 Å². The third-order valence-corrected chi connectivity index (χ3v) is 11.2. The van der Waals surface area contributed by atoms with Crippen LogP contribution in [-0.2, 0) is 15.9 Å². The Balaban J connectivity index is 0.000000386. The van der Waals surface area contributed by atoms with Gasteiger partial charge in [-0.15, -0.1) is 0 Å². The molecule has 54 heavy (non-hydrogen) atoms. The third kappa shape index (κ3) is 7.50. The van der Waals surface area contributed by atoms with Crippen molar-refractivity contribution >= 4 is 33.6 Å². The molecule has 0 aliphatic carbocycles. The maximum atomic E-state index is 16.7. The van der Waals surface area contributed by atoms with Crippen LogP contribution in [0.25, 0.3) is 32.9 Å². The smallest absolute Gasteiger partial charge is 0.410 e. The lowest BCUT2D eigenvalue weighted by Gasteiger charge is -2.42. The second-order valence-electron chi connectivity index (χ2n) is 15.7. The number of aryl methyl sites for hydroxylation is 1. The molecule has 0 radical (unpaired) electrons. The number of pyridine rings is 1. The summed E-state index contributed by atoms with van der Waals surface area (Å²) in [6.07, 6.45) is 9.06. The van der Waals surface area contributed by atoms with Crippen molar-refractivity contribution in [1.29, 1.82) is 0 Å². The van der Waals surface area contributed by atoms with Crippen molar-refractivity contribution in [2.24, 2.45) is 0 Å². The van der Waals surface area contributed by atoms with Crippen LogP contribution in [0.4, 0.5) is 15.0 Å². The van der Waals surface area contributed by atoms with Gasteiger partial charge in [0.25, 0.3) is 0 Å². The normalized spacial score (nSPS) is 22.4. The number of piperazine rings is 1.